The lowest BCUT2D eigenvalue weighted by Crippen LogP contribution is -2.36. The number of halogens is 1. The minimum absolute atomic E-state index is 0.00443. The fraction of sp³-hybridized carbons (Fsp3) is 0.533. The van der Waals surface area contributed by atoms with Crippen LogP contribution in [0.15, 0.2) is 29.3 Å². The fourth-order valence-electron chi connectivity index (χ4n) is 3.16. The third-order valence-corrected chi connectivity index (χ3v) is 4.29. The minimum atomic E-state index is -1.29. The largest absolute Gasteiger partial charge is 0.471 e. The number of nitro benzene ring substituents is 1. The highest BCUT2D eigenvalue weighted by Crippen LogP contribution is 2.42. The van der Waals surface area contributed by atoms with Crippen molar-refractivity contribution >= 4 is 11.6 Å². The molecule has 2 aliphatic rings. The second-order valence-electron chi connectivity index (χ2n) is 6.14. The Bertz CT molecular complexity index is 592. The van der Waals surface area contributed by atoms with E-state index in [0.29, 0.717) is 11.5 Å². The number of ether oxygens (including phenoxy) is 1. The van der Waals surface area contributed by atoms with Crippen LogP contribution in [0.3, 0.4) is 0 Å². The Balaban J connectivity index is 1.79. The van der Waals surface area contributed by atoms with Crippen molar-refractivity contribution in [1.29, 1.82) is 0 Å². The van der Waals surface area contributed by atoms with Gasteiger partial charge in [0.15, 0.2) is 0 Å². The van der Waals surface area contributed by atoms with E-state index in [1.54, 1.807) is 26.0 Å². The third kappa shape index (κ3) is 2.50. The van der Waals surface area contributed by atoms with Gasteiger partial charge >= 0.3 is 0 Å². The second kappa shape index (κ2) is 4.79. The van der Waals surface area contributed by atoms with Gasteiger partial charge < -0.3 is 4.74 Å². The minimum Gasteiger partial charge on any atom is -0.471 e. The molecule has 0 unspecified atom stereocenters. The van der Waals surface area contributed by atoms with Gasteiger partial charge in [0, 0.05) is 23.6 Å². The van der Waals surface area contributed by atoms with Crippen LogP contribution in [-0.2, 0) is 4.74 Å². The van der Waals surface area contributed by atoms with Crippen molar-refractivity contribution in [1.82, 2.24) is 0 Å². The summed E-state index contributed by atoms with van der Waals surface area (Å²) >= 11 is 0. The number of hydrogen-bond donors (Lipinski definition) is 0. The molecular weight excluding hydrogens is 275 g/mol. The predicted octanol–water partition coefficient (Wildman–Crippen LogP) is 3.27. The number of alkyl halides is 1. The van der Waals surface area contributed by atoms with E-state index in [0.717, 1.165) is 12.8 Å². The molecule has 1 saturated carbocycles. The van der Waals surface area contributed by atoms with E-state index < -0.39 is 10.6 Å². The summed E-state index contributed by atoms with van der Waals surface area (Å²) in [6, 6.07) is 6.08. The number of nitro groups is 1. The average molecular weight is 292 g/mol. The molecule has 1 aliphatic heterocycles. The van der Waals surface area contributed by atoms with Gasteiger partial charge in [0.05, 0.1) is 11.0 Å². The van der Waals surface area contributed by atoms with Crippen molar-refractivity contribution in [3.05, 3.63) is 39.9 Å². The van der Waals surface area contributed by atoms with Crippen LogP contribution in [0, 0.1) is 16.0 Å². The summed E-state index contributed by atoms with van der Waals surface area (Å²) < 4.78 is 20.0. The molecule has 0 amide bonds. The van der Waals surface area contributed by atoms with Gasteiger partial charge in [-0.25, -0.2) is 9.38 Å². The van der Waals surface area contributed by atoms with Gasteiger partial charge in [-0.05, 0) is 38.8 Å². The Morgan fingerprint density at radius 1 is 1.33 bits per heavy atom. The van der Waals surface area contributed by atoms with Gasteiger partial charge in [0.25, 0.3) is 5.69 Å². The Morgan fingerprint density at radius 2 is 2.00 bits per heavy atom. The third-order valence-electron chi connectivity index (χ3n) is 4.29. The van der Waals surface area contributed by atoms with Crippen molar-refractivity contribution in [2.45, 2.75) is 44.5 Å². The Morgan fingerprint density at radius 3 is 2.57 bits per heavy atom. The first kappa shape index (κ1) is 14.0. The fourth-order valence-corrected chi connectivity index (χ4v) is 3.16. The molecule has 0 aromatic heterocycles. The predicted molar refractivity (Wildman–Crippen MR) is 76.2 cm³/mol. The van der Waals surface area contributed by atoms with Crippen LogP contribution in [0.1, 0.15) is 32.3 Å². The Kier molecular flexibility index (Phi) is 3.19. The summed E-state index contributed by atoms with van der Waals surface area (Å²) in [6.45, 7) is 3.15. The van der Waals surface area contributed by atoms with Crippen molar-refractivity contribution in [2.75, 3.05) is 0 Å². The standard InChI is InChI=1S/C15H17FN2O3/c1-15(2,16)11-7-8-12-13(11)21-14(17-12)9-3-5-10(6-4-9)18(19)20/h3-6,11-13H,7-8H2,1-2H3/t11-,12-,13+/m0/s1. The van der Waals surface area contributed by atoms with Crippen molar-refractivity contribution in [3.63, 3.8) is 0 Å². The van der Waals surface area contributed by atoms with E-state index in [-0.39, 0.29) is 23.8 Å². The zero-order chi connectivity index (χ0) is 15.2. The van der Waals surface area contributed by atoms with E-state index in [2.05, 4.69) is 4.99 Å². The summed E-state index contributed by atoms with van der Waals surface area (Å²) in [4.78, 5) is 14.7. The summed E-state index contributed by atoms with van der Waals surface area (Å²) in [5.74, 6) is 0.302. The van der Waals surface area contributed by atoms with Crippen LogP contribution in [-0.4, -0.2) is 28.6 Å². The van der Waals surface area contributed by atoms with E-state index in [1.807, 2.05) is 0 Å². The maximum atomic E-state index is 14.2. The molecule has 0 radical (unpaired) electrons. The summed E-state index contributed by atoms with van der Waals surface area (Å²) in [7, 11) is 0. The SMILES string of the molecule is CC(C)(F)[C@H]1CC[C@@H]2N=C(c3ccc([N+](=O)[O-])cc3)O[C@@H]21. The highest BCUT2D eigenvalue weighted by molar-refractivity contribution is 5.95. The van der Waals surface area contributed by atoms with Crippen molar-refractivity contribution in [2.24, 2.45) is 10.9 Å². The van der Waals surface area contributed by atoms with Crippen LogP contribution in [0.2, 0.25) is 0 Å². The first-order chi connectivity index (χ1) is 9.86. The number of benzene rings is 1. The molecule has 0 N–H and O–H groups in total. The van der Waals surface area contributed by atoms with Gasteiger partial charge in [0.1, 0.15) is 11.8 Å². The van der Waals surface area contributed by atoms with Crippen LogP contribution in [0.4, 0.5) is 10.1 Å². The van der Waals surface area contributed by atoms with Crippen LogP contribution >= 0.6 is 0 Å². The lowest BCUT2D eigenvalue weighted by Gasteiger charge is -2.27. The van der Waals surface area contributed by atoms with Crippen LogP contribution < -0.4 is 0 Å². The van der Waals surface area contributed by atoms with E-state index >= 15 is 0 Å². The molecule has 6 heteroatoms. The number of aliphatic imine (C=N–C) groups is 1. The highest BCUT2D eigenvalue weighted by atomic mass is 19.1. The maximum Gasteiger partial charge on any atom is 0.269 e. The van der Waals surface area contributed by atoms with Crippen LogP contribution in [0.25, 0.3) is 0 Å². The average Bonchev–Trinajstić information content (AvgIpc) is 2.96. The van der Waals surface area contributed by atoms with E-state index in [4.69, 9.17) is 4.74 Å². The Labute approximate surface area is 122 Å². The molecule has 5 nitrogen and oxygen atoms in total. The van der Waals surface area contributed by atoms with Gasteiger partial charge in [-0.1, -0.05) is 0 Å². The monoisotopic (exact) mass is 292 g/mol. The molecule has 1 heterocycles. The number of non-ortho nitro benzene ring substituents is 1. The Hall–Kier alpha value is -1.98. The van der Waals surface area contributed by atoms with Gasteiger partial charge in [-0.2, -0.15) is 0 Å². The first-order valence-electron chi connectivity index (χ1n) is 7.04. The number of rotatable bonds is 3. The quantitative estimate of drug-likeness (QED) is 0.634. The molecule has 1 aromatic carbocycles. The van der Waals surface area contributed by atoms with Gasteiger partial charge in [-0.15, -0.1) is 0 Å². The van der Waals surface area contributed by atoms with Crippen molar-refractivity contribution in [3.8, 4) is 0 Å². The highest BCUT2D eigenvalue weighted by Gasteiger charge is 2.49. The summed E-state index contributed by atoms with van der Waals surface area (Å²) in [5.41, 5.74) is -0.564. The summed E-state index contributed by atoms with van der Waals surface area (Å²) in [5, 5.41) is 10.6. The second-order valence-corrected chi connectivity index (χ2v) is 6.14. The molecule has 0 spiro atoms. The zero-order valence-corrected chi connectivity index (χ0v) is 12.0. The molecule has 3 rings (SSSR count). The smallest absolute Gasteiger partial charge is 0.269 e. The lowest BCUT2D eigenvalue weighted by molar-refractivity contribution is -0.384. The van der Waals surface area contributed by atoms with Crippen molar-refractivity contribution < 1.29 is 14.1 Å². The molecule has 0 saturated heterocycles. The topological polar surface area (TPSA) is 64.7 Å². The molecule has 1 fully saturated rings. The first-order valence-corrected chi connectivity index (χ1v) is 7.04. The maximum absolute atomic E-state index is 14.2. The number of fused-ring (bicyclic) bond motifs is 1. The molecule has 0 bridgehead atoms. The molecule has 21 heavy (non-hydrogen) atoms. The summed E-state index contributed by atoms with van der Waals surface area (Å²) in [6.07, 6.45) is 1.37. The lowest BCUT2D eigenvalue weighted by atomic mass is 9.89. The number of nitrogens with zero attached hydrogens (tertiary/aromatic N) is 2. The van der Waals surface area contributed by atoms with E-state index in [1.165, 1.54) is 12.1 Å². The van der Waals surface area contributed by atoms with Gasteiger partial charge in [-0.3, -0.25) is 10.1 Å². The van der Waals surface area contributed by atoms with E-state index in [9.17, 15) is 14.5 Å². The normalized spacial score (nSPS) is 28.0. The molecule has 1 aromatic rings. The van der Waals surface area contributed by atoms with Crippen LogP contribution in [0.5, 0.6) is 0 Å². The molecule has 112 valence electrons. The van der Waals surface area contributed by atoms with Gasteiger partial charge in [0.2, 0.25) is 5.90 Å². The zero-order valence-electron chi connectivity index (χ0n) is 12.0. The molecular formula is C15H17FN2O3. The molecule has 3 atom stereocenters. The molecule has 1 aliphatic carbocycles. The number of hydrogen-bond acceptors (Lipinski definition) is 4.